The van der Waals surface area contributed by atoms with Gasteiger partial charge >= 0.3 is 0 Å². The maximum atomic E-state index is 9.29. The van der Waals surface area contributed by atoms with Gasteiger partial charge in [-0.2, -0.15) is 4.98 Å². The highest BCUT2D eigenvalue weighted by Crippen LogP contribution is 2.30. The fourth-order valence-corrected chi connectivity index (χ4v) is 2.12. The number of aromatic nitrogens is 2. The molecular weight excluding hydrogens is 192 g/mol. The monoisotopic (exact) mass is 210 g/mol. The van der Waals surface area contributed by atoms with Gasteiger partial charge in [0.05, 0.1) is 0 Å². The van der Waals surface area contributed by atoms with E-state index in [4.69, 9.17) is 4.52 Å². The van der Waals surface area contributed by atoms with E-state index >= 15 is 0 Å². The summed E-state index contributed by atoms with van der Waals surface area (Å²) in [6.45, 7) is 1.64. The highest BCUT2D eigenvalue weighted by molar-refractivity contribution is 4.97. The quantitative estimate of drug-likeness (QED) is 0.762. The summed E-state index contributed by atoms with van der Waals surface area (Å²) < 4.78 is 5.01. The molecule has 1 heterocycles. The lowest BCUT2D eigenvalue weighted by atomic mass is 10.00. The fourth-order valence-electron chi connectivity index (χ4n) is 2.12. The largest absolute Gasteiger partial charge is 0.384 e. The van der Waals surface area contributed by atoms with Gasteiger partial charge in [0.1, 0.15) is 6.10 Å². The lowest BCUT2D eigenvalue weighted by molar-refractivity contribution is 0.151. The van der Waals surface area contributed by atoms with Crippen molar-refractivity contribution in [3.8, 4) is 0 Å². The lowest BCUT2D eigenvalue weighted by Gasteiger charge is -2.07. The Labute approximate surface area is 89.7 Å². The van der Waals surface area contributed by atoms with Gasteiger partial charge < -0.3 is 9.63 Å². The third-order valence-corrected chi connectivity index (χ3v) is 3.04. The number of nitrogens with zero attached hydrogens (tertiary/aromatic N) is 2. The molecule has 0 amide bonds. The Morgan fingerprint density at radius 3 is 2.47 bits per heavy atom. The molecule has 0 unspecified atom stereocenters. The van der Waals surface area contributed by atoms with E-state index in [0.29, 0.717) is 11.8 Å². The number of rotatable bonds is 2. The molecule has 0 spiro atoms. The lowest BCUT2D eigenvalue weighted by Crippen LogP contribution is -2.00. The number of hydrogen-bond acceptors (Lipinski definition) is 4. The van der Waals surface area contributed by atoms with Crippen LogP contribution in [0.2, 0.25) is 0 Å². The zero-order valence-electron chi connectivity index (χ0n) is 9.15. The van der Waals surface area contributed by atoms with Gasteiger partial charge in [-0.25, -0.2) is 0 Å². The Morgan fingerprint density at radius 1 is 1.27 bits per heavy atom. The summed E-state index contributed by atoms with van der Waals surface area (Å²) in [6, 6.07) is 0. The molecule has 1 fully saturated rings. The van der Waals surface area contributed by atoms with Crippen molar-refractivity contribution in [3.05, 3.63) is 11.7 Å². The molecule has 2 rings (SSSR count). The van der Waals surface area contributed by atoms with Crippen LogP contribution in [0.4, 0.5) is 0 Å². The highest BCUT2D eigenvalue weighted by Gasteiger charge is 2.21. The molecule has 84 valence electrons. The zero-order valence-corrected chi connectivity index (χ0v) is 9.15. The fraction of sp³-hybridized carbons (Fsp3) is 0.818. The zero-order chi connectivity index (χ0) is 10.7. The topological polar surface area (TPSA) is 59.2 Å². The predicted molar refractivity (Wildman–Crippen MR) is 55.4 cm³/mol. The van der Waals surface area contributed by atoms with E-state index in [-0.39, 0.29) is 0 Å². The maximum absolute atomic E-state index is 9.29. The van der Waals surface area contributed by atoms with Crippen molar-refractivity contribution in [2.75, 3.05) is 0 Å². The van der Waals surface area contributed by atoms with Crippen LogP contribution in [0, 0.1) is 0 Å². The Morgan fingerprint density at radius 2 is 1.93 bits per heavy atom. The molecule has 1 aliphatic rings. The van der Waals surface area contributed by atoms with E-state index in [1.165, 1.54) is 25.7 Å². The molecule has 0 saturated heterocycles. The van der Waals surface area contributed by atoms with Crippen molar-refractivity contribution < 1.29 is 9.63 Å². The van der Waals surface area contributed by atoms with E-state index in [1.807, 2.05) is 0 Å². The minimum Gasteiger partial charge on any atom is -0.384 e. The number of aliphatic hydroxyl groups excluding tert-OH is 1. The number of hydrogen-bond donors (Lipinski definition) is 1. The summed E-state index contributed by atoms with van der Waals surface area (Å²) in [5, 5.41) is 13.3. The van der Waals surface area contributed by atoms with Crippen LogP contribution < -0.4 is 0 Å². The second kappa shape index (κ2) is 4.75. The molecule has 0 bridgehead atoms. The predicted octanol–water partition coefficient (Wildman–Crippen LogP) is 2.56. The average molecular weight is 210 g/mol. The normalized spacial score (nSPS) is 21.2. The Hall–Kier alpha value is -0.900. The van der Waals surface area contributed by atoms with Gasteiger partial charge in [0.2, 0.25) is 0 Å². The van der Waals surface area contributed by atoms with Gasteiger partial charge in [-0.1, -0.05) is 30.8 Å². The Bertz CT molecular complexity index is 301. The number of aliphatic hydroxyl groups is 1. The van der Waals surface area contributed by atoms with E-state index in [1.54, 1.807) is 6.92 Å². The highest BCUT2D eigenvalue weighted by atomic mass is 16.5. The molecule has 4 heteroatoms. The molecule has 15 heavy (non-hydrogen) atoms. The summed E-state index contributed by atoms with van der Waals surface area (Å²) in [6.07, 6.45) is 6.79. The van der Waals surface area contributed by atoms with Gasteiger partial charge in [-0.3, -0.25) is 0 Å². The first-order valence-electron chi connectivity index (χ1n) is 5.79. The van der Waals surface area contributed by atoms with Crippen LogP contribution in [0.1, 0.15) is 69.2 Å². The summed E-state index contributed by atoms with van der Waals surface area (Å²) in [7, 11) is 0. The maximum Gasteiger partial charge on any atom is 0.255 e. The van der Waals surface area contributed by atoms with E-state index in [2.05, 4.69) is 10.1 Å². The molecule has 4 nitrogen and oxygen atoms in total. The van der Waals surface area contributed by atoms with Crippen molar-refractivity contribution in [1.82, 2.24) is 10.1 Å². The first kappa shape index (κ1) is 10.6. The van der Waals surface area contributed by atoms with Crippen molar-refractivity contribution in [3.63, 3.8) is 0 Å². The molecule has 1 N–H and O–H groups in total. The van der Waals surface area contributed by atoms with Gasteiger partial charge in [0.15, 0.2) is 5.82 Å². The minimum atomic E-state index is -0.656. The standard InChI is InChI=1S/C11H18N2O2/c1-8(14)11-12-10(13-15-11)9-6-4-2-3-5-7-9/h8-9,14H,2-7H2,1H3/t8-/m0/s1. The second-order valence-electron chi connectivity index (χ2n) is 4.36. The first-order chi connectivity index (χ1) is 7.27. The van der Waals surface area contributed by atoms with Crippen LogP contribution in [0.5, 0.6) is 0 Å². The van der Waals surface area contributed by atoms with Crippen LogP contribution in [-0.4, -0.2) is 15.2 Å². The van der Waals surface area contributed by atoms with Gasteiger partial charge in [0.25, 0.3) is 5.89 Å². The molecule has 0 radical (unpaired) electrons. The van der Waals surface area contributed by atoms with Crippen molar-refractivity contribution >= 4 is 0 Å². The first-order valence-corrected chi connectivity index (χ1v) is 5.79. The molecule has 1 aliphatic carbocycles. The van der Waals surface area contributed by atoms with Crippen LogP contribution in [0.25, 0.3) is 0 Å². The molecule has 1 aromatic rings. The third kappa shape index (κ3) is 2.56. The smallest absolute Gasteiger partial charge is 0.255 e. The van der Waals surface area contributed by atoms with Crippen LogP contribution >= 0.6 is 0 Å². The summed E-state index contributed by atoms with van der Waals surface area (Å²) >= 11 is 0. The van der Waals surface area contributed by atoms with E-state index < -0.39 is 6.10 Å². The van der Waals surface area contributed by atoms with Crippen molar-refractivity contribution in [2.24, 2.45) is 0 Å². The second-order valence-corrected chi connectivity index (χ2v) is 4.36. The molecule has 0 aromatic carbocycles. The Balaban J connectivity index is 2.06. The van der Waals surface area contributed by atoms with Gasteiger partial charge in [-0.05, 0) is 19.8 Å². The van der Waals surface area contributed by atoms with Crippen LogP contribution in [-0.2, 0) is 0 Å². The minimum absolute atomic E-state index is 0.342. The van der Waals surface area contributed by atoms with E-state index in [0.717, 1.165) is 18.7 Å². The van der Waals surface area contributed by atoms with Gasteiger partial charge in [-0.15, -0.1) is 0 Å². The van der Waals surface area contributed by atoms with Crippen LogP contribution in [0.15, 0.2) is 4.52 Å². The summed E-state index contributed by atoms with van der Waals surface area (Å²) in [5.41, 5.74) is 0. The Kier molecular flexibility index (Phi) is 3.36. The van der Waals surface area contributed by atoms with Gasteiger partial charge in [0, 0.05) is 5.92 Å². The van der Waals surface area contributed by atoms with E-state index in [9.17, 15) is 5.11 Å². The molecule has 0 aliphatic heterocycles. The molecule has 1 saturated carbocycles. The molecular formula is C11H18N2O2. The van der Waals surface area contributed by atoms with Crippen molar-refractivity contribution in [2.45, 2.75) is 57.5 Å². The molecule has 1 atom stereocenters. The molecule has 1 aromatic heterocycles. The SMILES string of the molecule is C[C@H](O)c1nc(C2CCCCCC2)no1. The third-order valence-electron chi connectivity index (χ3n) is 3.04. The van der Waals surface area contributed by atoms with Crippen molar-refractivity contribution in [1.29, 1.82) is 0 Å². The van der Waals surface area contributed by atoms with Crippen LogP contribution in [0.3, 0.4) is 0 Å². The summed E-state index contributed by atoms with van der Waals surface area (Å²) in [5.74, 6) is 1.56. The summed E-state index contributed by atoms with van der Waals surface area (Å²) in [4.78, 5) is 4.25. The average Bonchev–Trinajstić information content (AvgIpc) is 2.55.